The molecule has 0 rings (SSSR count). The van der Waals surface area contributed by atoms with Gasteiger partial charge in [0, 0.05) is 12.8 Å². The Kier molecular flexibility index (Phi) is 41.6. The lowest BCUT2D eigenvalue weighted by Gasteiger charge is -2.20. The van der Waals surface area contributed by atoms with E-state index in [4.69, 9.17) is 19.1 Å². The SMILES string of the molecule is CCCCC/C=C\C/C=C\C/C=C\C/C=C\CCCC(=O)O[C@H](COC(=O)CCCCCCCCCCC/C=C\C/C=C\CCCCC)COP(=O)(O)OC[C@@H](O)CO. The summed E-state index contributed by atoms with van der Waals surface area (Å²) in [6, 6.07) is 0. The molecule has 0 fully saturated rings. The van der Waals surface area contributed by atoms with Crippen molar-refractivity contribution in [3.63, 3.8) is 0 Å². The molecule has 1 unspecified atom stereocenters. The van der Waals surface area contributed by atoms with Gasteiger partial charge in [0.2, 0.25) is 0 Å². The van der Waals surface area contributed by atoms with Gasteiger partial charge in [-0.05, 0) is 83.5 Å². The molecule has 10 nitrogen and oxygen atoms in total. The highest BCUT2D eigenvalue weighted by atomic mass is 31.2. The van der Waals surface area contributed by atoms with Crippen molar-refractivity contribution < 1.29 is 47.8 Å². The number of unbranched alkanes of at least 4 members (excludes halogenated alkanes) is 16. The average Bonchev–Trinajstić information content (AvgIpc) is 3.22. The largest absolute Gasteiger partial charge is 0.472 e. The normalized spacial score (nSPS) is 14.5. The Morgan fingerprint density at radius 1 is 0.508 bits per heavy atom. The average molecular weight is 851 g/mol. The van der Waals surface area contributed by atoms with Crippen molar-refractivity contribution in [2.24, 2.45) is 0 Å². The summed E-state index contributed by atoms with van der Waals surface area (Å²) in [6.07, 6.45) is 50.1. The first-order chi connectivity index (χ1) is 28.7. The first kappa shape index (κ1) is 56.4. The van der Waals surface area contributed by atoms with Crippen molar-refractivity contribution in [3.05, 3.63) is 72.9 Å². The maximum atomic E-state index is 12.6. The Labute approximate surface area is 358 Å². The monoisotopic (exact) mass is 851 g/mol. The summed E-state index contributed by atoms with van der Waals surface area (Å²) in [5, 5.41) is 18.3. The highest BCUT2D eigenvalue weighted by Gasteiger charge is 2.27. The lowest BCUT2D eigenvalue weighted by molar-refractivity contribution is -0.161. The van der Waals surface area contributed by atoms with Crippen LogP contribution < -0.4 is 0 Å². The van der Waals surface area contributed by atoms with E-state index in [0.717, 1.165) is 57.8 Å². The van der Waals surface area contributed by atoms with E-state index in [1.807, 2.05) is 12.2 Å². The molecule has 0 aromatic rings. The maximum Gasteiger partial charge on any atom is 0.472 e. The number of carbonyl (C=O) groups excluding carboxylic acids is 2. The molecule has 0 aromatic heterocycles. The molecule has 0 bridgehead atoms. The summed E-state index contributed by atoms with van der Waals surface area (Å²) < 4.78 is 32.7. The van der Waals surface area contributed by atoms with Gasteiger partial charge in [0.15, 0.2) is 6.10 Å². The van der Waals surface area contributed by atoms with Crippen LogP contribution in [0.1, 0.15) is 181 Å². The lowest BCUT2D eigenvalue weighted by Crippen LogP contribution is -2.29. The van der Waals surface area contributed by atoms with Gasteiger partial charge >= 0.3 is 19.8 Å². The Hall–Kier alpha value is -2.59. The fraction of sp³-hybridized carbons (Fsp3) is 0.708. The van der Waals surface area contributed by atoms with Crippen molar-refractivity contribution in [2.45, 2.75) is 193 Å². The number of allylic oxidation sites excluding steroid dienone is 12. The van der Waals surface area contributed by atoms with Gasteiger partial charge in [0.05, 0.1) is 19.8 Å². The number of esters is 2. The number of rotatable bonds is 42. The van der Waals surface area contributed by atoms with Crippen LogP contribution in [0, 0.1) is 0 Å². The predicted molar refractivity (Wildman–Crippen MR) is 242 cm³/mol. The molecule has 3 N–H and O–H groups in total. The zero-order valence-corrected chi connectivity index (χ0v) is 37.8. The van der Waals surface area contributed by atoms with Crippen molar-refractivity contribution in [3.8, 4) is 0 Å². The molecule has 0 spiro atoms. The fourth-order valence-corrected chi connectivity index (χ4v) is 6.57. The predicted octanol–water partition coefficient (Wildman–Crippen LogP) is 12.4. The van der Waals surface area contributed by atoms with Crippen LogP contribution in [0.5, 0.6) is 0 Å². The molecule has 0 radical (unpaired) electrons. The van der Waals surface area contributed by atoms with E-state index in [0.29, 0.717) is 19.3 Å². The van der Waals surface area contributed by atoms with Gasteiger partial charge in [-0.25, -0.2) is 4.57 Å². The third-order valence-electron chi connectivity index (χ3n) is 9.33. The van der Waals surface area contributed by atoms with Crippen LogP contribution in [0.2, 0.25) is 0 Å². The Bertz CT molecular complexity index is 1210. The third kappa shape index (κ3) is 43.3. The second-order valence-corrected chi connectivity index (χ2v) is 16.5. The Balaban J connectivity index is 4.36. The molecule has 11 heteroatoms. The summed E-state index contributed by atoms with van der Waals surface area (Å²) in [7, 11) is -4.64. The van der Waals surface area contributed by atoms with Crippen molar-refractivity contribution in [1.29, 1.82) is 0 Å². The summed E-state index contributed by atoms with van der Waals surface area (Å²) in [6.45, 7) is 2.26. The third-order valence-corrected chi connectivity index (χ3v) is 10.3. The number of aliphatic hydroxyl groups is 2. The summed E-state index contributed by atoms with van der Waals surface area (Å²) >= 11 is 0. The van der Waals surface area contributed by atoms with E-state index < -0.39 is 51.8 Å². The van der Waals surface area contributed by atoms with Crippen LogP contribution >= 0.6 is 7.82 Å². The molecule has 340 valence electrons. The van der Waals surface area contributed by atoms with Gasteiger partial charge in [-0.1, -0.05) is 157 Å². The van der Waals surface area contributed by atoms with Crippen molar-refractivity contribution in [2.75, 3.05) is 26.4 Å². The molecule has 0 amide bonds. The molecule has 0 saturated heterocycles. The number of hydrogen-bond donors (Lipinski definition) is 3. The highest BCUT2D eigenvalue weighted by Crippen LogP contribution is 2.43. The second kappa shape index (κ2) is 43.5. The van der Waals surface area contributed by atoms with Crippen LogP contribution in [-0.4, -0.2) is 65.7 Å². The van der Waals surface area contributed by atoms with E-state index in [9.17, 15) is 24.2 Å². The zero-order chi connectivity index (χ0) is 43.3. The number of phosphoric acid groups is 1. The molecule has 0 aliphatic heterocycles. The molecule has 0 aliphatic carbocycles. The summed E-state index contributed by atoms with van der Waals surface area (Å²) in [4.78, 5) is 35.0. The number of phosphoric ester groups is 1. The minimum atomic E-state index is -4.64. The van der Waals surface area contributed by atoms with Gasteiger partial charge in [0.1, 0.15) is 12.7 Å². The molecule has 0 heterocycles. The molecule has 0 aliphatic rings. The van der Waals surface area contributed by atoms with Crippen LogP contribution in [0.3, 0.4) is 0 Å². The zero-order valence-electron chi connectivity index (χ0n) is 36.9. The van der Waals surface area contributed by atoms with Crippen molar-refractivity contribution >= 4 is 19.8 Å². The number of aliphatic hydroxyl groups excluding tert-OH is 2. The topological polar surface area (TPSA) is 149 Å². The molecular formula is C48H83O10P. The van der Waals surface area contributed by atoms with Crippen LogP contribution in [0.4, 0.5) is 0 Å². The quantitative estimate of drug-likeness (QED) is 0.0234. The summed E-state index contributed by atoms with van der Waals surface area (Å²) in [5.41, 5.74) is 0. The number of ether oxygens (including phenoxy) is 2. The van der Waals surface area contributed by atoms with Crippen LogP contribution in [0.25, 0.3) is 0 Å². The molecule has 0 saturated carbocycles. The lowest BCUT2D eigenvalue weighted by atomic mass is 10.1. The Morgan fingerprint density at radius 3 is 1.37 bits per heavy atom. The van der Waals surface area contributed by atoms with E-state index in [2.05, 4.69) is 79.1 Å². The molecular weight excluding hydrogens is 767 g/mol. The van der Waals surface area contributed by atoms with Gasteiger partial charge in [0.25, 0.3) is 0 Å². The van der Waals surface area contributed by atoms with Gasteiger partial charge in [-0.15, -0.1) is 0 Å². The van der Waals surface area contributed by atoms with Crippen LogP contribution in [0.15, 0.2) is 72.9 Å². The van der Waals surface area contributed by atoms with E-state index in [-0.39, 0.29) is 19.4 Å². The fourth-order valence-electron chi connectivity index (χ4n) is 5.78. The van der Waals surface area contributed by atoms with Crippen LogP contribution in [-0.2, 0) is 32.7 Å². The maximum absolute atomic E-state index is 12.6. The van der Waals surface area contributed by atoms with Gasteiger partial charge in [-0.3, -0.25) is 18.6 Å². The first-order valence-electron chi connectivity index (χ1n) is 22.9. The van der Waals surface area contributed by atoms with E-state index >= 15 is 0 Å². The van der Waals surface area contributed by atoms with Gasteiger partial charge in [-0.2, -0.15) is 0 Å². The Morgan fingerprint density at radius 2 is 0.898 bits per heavy atom. The molecule has 3 atom stereocenters. The summed E-state index contributed by atoms with van der Waals surface area (Å²) in [5.74, 6) is -0.999. The second-order valence-electron chi connectivity index (χ2n) is 15.1. The standard InChI is InChI=1S/C48H83O10P/c1-3-5-7-9-11-13-15-17-19-21-22-24-25-27-29-31-33-35-37-39-47(51)55-43-46(44-57-59(53,54)56-42-45(50)41-49)58-48(52)40-38-36-34-32-30-28-26-23-20-18-16-14-12-10-8-6-4-2/h11-14,17-20,26,28,32,34,45-46,49-50H,3-10,15-16,21-25,27,29-31,33,35-44H2,1-2H3,(H,53,54)/b13-11-,14-12-,19-17-,20-18-,28-26-,34-32-/t45-,46+/m0/s1. The smallest absolute Gasteiger partial charge is 0.462 e. The van der Waals surface area contributed by atoms with Gasteiger partial charge < -0.3 is 24.6 Å². The minimum absolute atomic E-state index is 0.104. The van der Waals surface area contributed by atoms with Crippen molar-refractivity contribution in [1.82, 2.24) is 0 Å². The molecule has 59 heavy (non-hydrogen) atoms. The number of hydrogen-bond acceptors (Lipinski definition) is 9. The highest BCUT2D eigenvalue weighted by molar-refractivity contribution is 7.47. The minimum Gasteiger partial charge on any atom is -0.462 e. The number of carbonyl (C=O) groups is 2. The van der Waals surface area contributed by atoms with E-state index in [1.54, 1.807) is 0 Å². The molecule has 0 aromatic carbocycles. The first-order valence-corrected chi connectivity index (χ1v) is 24.4. The van der Waals surface area contributed by atoms with E-state index in [1.165, 1.54) is 77.0 Å².